The zero-order valence-corrected chi connectivity index (χ0v) is 20.6. The van der Waals surface area contributed by atoms with E-state index in [4.69, 9.17) is 23.2 Å². The summed E-state index contributed by atoms with van der Waals surface area (Å²) in [5.74, 6) is 0.104. The van der Waals surface area contributed by atoms with E-state index in [9.17, 15) is 4.79 Å². The van der Waals surface area contributed by atoms with Crippen molar-refractivity contribution >= 4 is 45.7 Å². The van der Waals surface area contributed by atoms with Crippen LogP contribution in [0.1, 0.15) is 23.5 Å². The Bertz CT molecular complexity index is 1320. The first-order valence-electron chi connectivity index (χ1n) is 11.6. The van der Waals surface area contributed by atoms with Crippen molar-refractivity contribution in [1.82, 2.24) is 9.47 Å². The third-order valence-corrected chi connectivity index (χ3v) is 7.21. The summed E-state index contributed by atoms with van der Waals surface area (Å²) in [6.07, 6.45) is 2.56. The number of para-hydroxylation sites is 1. The molecule has 0 radical (unpaired) electrons. The van der Waals surface area contributed by atoms with Crippen LogP contribution in [0.15, 0.2) is 79.0 Å². The molecule has 1 unspecified atom stereocenters. The number of carbonyl (C=O) groups excluding carboxylic acids is 1. The van der Waals surface area contributed by atoms with Crippen molar-refractivity contribution in [1.29, 1.82) is 0 Å². The molecule has 1 amide bonds. The van der Waals surface area contributed by atoms with Gasteiger partial charge in [0.05, 0.1) is 0 Å². The molecule has 1 aromatic heterocycles. The van der Waals surface area contributed by atoms with E-state index in [0.717, 1.165) is 40.4 Å². The molecule has 5 rings (SSSR count). The molecule has 0 saturated carbocycles. The fourth-order valence-electron chi connectivity index (χ4n) is 4.97. The van der Waals surface area contributed by atoms with E-state index in [2.05, 4.69) is 53.0 Å². The van der Waals surface area contributed by atoms with Crippen molar-refractivity contribution in [2.45, 2.75) is 12.3 Å². The maximum Gasteiger partial charge on any atom is 0.223 e. The molecule has 174 valence electrons. The topological polar surface area (TPSA) is 28.5 Å². The van der Waals surface area contributed by atoms with E-state index in [1.165, 1.54) is 5.39 Å². The molecule has 1 aliphatic rings. The fourth-order valence-corrected chi connectivity index (χ4v) is 5.36. The number of halogens is 2. The van der Waals surface area contributed by atoms with Gasteiger partial charge in [-0.15, -0.1) is 0 Å². The Kier molecular flexibility index (Phi) is 6.53. The van der Waals surface area contributed by atoms with Crippen molar-refractivity contribution in [2.75, 3.05) is 31.1 Å². The summed E-state index contributed by atoms with van der Waals surface area (Å²) in [7, 11) is 2.05. The minimum Gasteiger partial charge on any atom is -0.368 e. The normalized spacial score (nSPS) is 15.0. The van der Waals surface area contributed by atoms with Crippen LogP contribution >= 0.6 is 23.2 Å². The number of benzene rings is 3. The molecule has 0 bridgehead atoms. The first-order valence-corrected chi connectivity index (χ1v) is 12.3. The average Bonchev–Trinajstić information content (AvgIpc) is 3.19. The number of rotatable bonds is 5. The van der Waals surface area contributed by atoms with Gasteiger partial charge >= 0.3 is 0 Å². The second-order valence-electron chi connectivity index (χ2n) is 8.87. The molecule has 1 atom stereocenters. The van der Waals surface area contributed by atoms with Crippen molar-refractivity contribution in [3.8, 4) is 0 Å². The molecule has 3 aromatic carbocycles. The lowest BCUT2D eigenvalue weighted by molar-refractivity contribution is -0.131. The van der Waals surface area contributed by atoms with Crippen LogP contribution in [0.25, 0.3) is 10.9 Å². The molecule has 0 spiro atoms. The zero-order chi connectivity index (χ0) is 23.7. The second-order valence-corrected chi connectivity index (χ2v) is 9.74. The Labute approximate surface area is 210 Å². The molecule has 4 nitrogen and oxygen atoms in total. The monoisotopic (exact) mass is 491 g/mol. The largest absolute Gasteiger partial charge is 0.368 e. The number of aromatic nitrogens is 1. The Morgan fingerprint density at radius 1 is 0.882 bits per heavy atom. The number of fused-ring (bicyclic) bond motifs is 1. The maximum atomic E-state index is 13.5. The van der Waals surface area contributed by atoms with Crippen LogP contribution in [0.3, 0.4) is 0 Å². The smallest absolute Gasteiger partial charge is 0.223 e. The number of nitrogens with zero attached hydrogens (tertiary/aromatic N) is 3. The lowest BCUT2D eigenvalue weighted by atomic mass is 9.87. The average molecular weight is 492 g/mol. The molecule has 34 heavy (non-hydrogen) atoms. The first-order chi connectivity index (χ1) is 16.5. The number of carbonyl (C=O) groups is 1. The van der Waals surface area contributed by atoms with Crippen molar-refractivity contribution in [3.63, 3.8) is 0 Å². The minimum absolute atomic E-state index is 0.0664. The lowest BCUT2D eigenvalue weighted by Crippen LogP contribution is -2.49. The summed E-state index contributed by atoms with van der Waals surface area (Å²) in [6, 6.07) is 24.1. The number of hydrogen-bond acceptors (Lipinski definition) is 2. The third-order valence-electron chi connectivity index (χ3n) is 6.74. The van der Waals surface area contributed by atoms with E-state index in [-0.39, 0.29) is 11.8 Å². The van der Waals surface area contributed by atoms with Crippen LogP contribution in [-0.2, 0) is 11.8 Å². The highest BCUT2D eigenvalue weighted by Crippen LogP contribution is 2.36. The van der Waals surface area contributed by atoms with Gasteiger partial charge in [0.15, 0.2) is 0 Å². The van der Waals surface area contributed by atoms with Crippen LogP contribution in [0.5, 0.6) is 0 Å². The van der Waals surface area contributed by atoms with Crippen LogP contribution in [0, 0.1) is 0 Å². The van der Waals surface area contributed by atoms with E-state index in [1.807, 2.05) is 47.4 Å². The molecule has 6 heteroatoms. The summed E-state index contributed by atoms with van der Waals surface area (Å²) in [4.78, 5) is 17.8. The summed E-state index contributed by atoms with van der Waals surface area (Å²) in [6.45, 7) is 2.98. The van der Waals surface area contributed by atoms with Crippen LogP contribution in [0.2, 0.25) is 10.0 Å². The van der Waals surface area contributed by atoms with Gasteiger partial charge in [0.1, 0.15) is 0 Å². The van der Waals surface area contributed by atoms with E-state index in [1.54, 1.807) is 0 Å². The SMILES string of the molecule is Cn1cc(C(CC(=O)N2CCN(c3cccc(Cl)c3)CC2)c2cccc(Cl)c2)c2ccccc21. The Hall–Kier alpha value is -2.95. The summed E-state index contributed by atoms with van der Waals surface area (Å²) in [5.41, 5.74) is 4.49. The van der Waals surface area contributed by atoms with Gasteiger partial charge in [0.25, 0.3) is 0 Å². The second kappa shape index (κ2) is 9.73. The van der Waals surface area contributed by atoms with Gasteiger partial charge in [-0.1, -0.05) is 59.6 Å². The van der Waals surface area contributed by atoms with Crippen molar-refractivity contribution in [3.05, 3.63) is 100 Å². The lowest BCUT2D eigenvalue weighted by Gasteiger charge is -2.36. The first kappa shape index (κ1) is 22.8. The van der Waals surface area contributed by atoms with Crippen LogP contribution < -0.4 is 4.90 Å². The molecule has 0 N–H and O–H groups in total. The van der Waals surface area contributed by atoms with Gasteiger partial charge in [-0.2, -0.15) is 0 Å². The van der Waals surface area contributed by atoms with Gasteiger partial charge < -0.3 is 14.4 Å². The van der Waals surface area contributed by atoms with Crippen LogP contribution in [0.4, 0.5) is 5.69 Å². The Morgan fingerprint density at radius 3 is 2.32 bits per heavy atom. The molecule has 1 fully saturated rings. The highest BCUT2D eigenvalue weighted by molar-refractivity contribution is 6.31. The zero-order valence-electron chi connectivity index (χ0n) is 19.1. The summed E-state index contributed by atoms with van der Waals surface area (Å²) in [5, 5.41) is 2.59. The van der Waals surface area contributed by atoms with Crippen molar-refractivity contribution < 1.29 is 4.79 Å². The molecular weight excluding hydrogens is 465 g/mol. The van der Waals surface area contributed by atoms with Gasteiger partial charge in [0, 0.05) is 78.4 Å². The van der Waals surface area contributed by atoms with Crippen LogP contribution in [-0.4, -0.2) is 41.6 Å². The van der Waals surface area contributed by atoms with Crippen molar-refractivity contribution in [2.24, 2.45) is 7.05 Å². The van der Waals surface area contributed by atoms with Gasteiger partial charge in [-0.05, 0) is 47.5 Å². The number of aryl methyl sites for hydroxylation is 1. The third kappa shape index (κ3) is 4.66. The maximum absolute atomic E-state index is 13.5. The fraction of sp³-hybridized carbons (Fsp3) is 0.250. The molecular formula is C28H27Cl2N3O. The number of piperazine rings is 1. The van der Waals surface area contributed by atoms with Gasteiger partial charge in [-0.3, -0.25) is 4.79 Å². The molecule has 1 saturated heterocycles. The predicted molar refractivity (Wildman–Crippen MR) is 141 cm³/mol. The Balaban J connectivity index is 1.38. The van der Waals surface area contributed by atoms with Gasteiger partial charge in [0.2, 0.25) is 5.91 Å². The molecule has 1 aliphatic heterocycles. The summed E-state index contributed by atoms with van der Waals surface area (Å²) < 4.78 is 2.14. The Morgan fingerprint density at radius 2 is 1.59 bits per heavy atom. The predicted octanol–water partition coefficient (Wildman–Crippen LogP) is 6.36. The van der Waals surface area contributed by atoms with E-state index in [0.29, 0.717) is 24.5 Å². The molecule has 0 aliphatic carbocycles. The quantitative estimate of drug-likeness (QED) is 0.325. The number of anilines is 1. The standard InChI is InChI=1S/C28H27Cl2N3O/c1-31-19-26(24-10-2-3-11-27(24)31)25(20-6-4-7-21(29)16-20)18-28(34)33-14-12-32(13-15-33)23-9-5-8-22(30)17-23/h2-11,16-17,19,25H,12-15,18H2,1H3. The minimum atomic E-state index is -0.0664. The highest BCUT2D eigenvalue weighted by atomic mass is 35.5. The molecule has 4 aromatic rings. The van der Waals surface area contributed by atoms with Gasteiger partial charge in [-0.25, -0.2) is 0 Å². The van der Waals surface area contributed by atoms with E-state index < -0.39 is 0 Å². The number of hydrogen-bond donors (Lipinski definition) is 0. The molecule has 2 heterocycles. The summed E-state index contributed by atoms with van der Waals surface area (Å²) >= 11 is 12.5. The number of amides is 1. The van der Waals surface area contributed by atoms with E-state index >= 15 is 0 Å². The highest BCUT2D eigenvalue weighted by Gasteiger charge is 2.27.